The number of nitrogens with zero attached hydrogens (tertiary/aromatic N) is 1. The molecule has 0 fully saturated rings. The van der Waals surface area contributed by atoms with E-state index in [1.165, 1.54) is 0 Å². The Morgan fingerprint density at radius 2 is 2.40 bits per heavy atom. The lowest BCUT2D eigenvalue weighted by Gasteiger charge is -2.21. The monoisotopic (exact) mass is 225 g/mol. The van der Waals surface area contributed by atoms with Crippen LogP contribution < -0.4 is 0 Å². The largest absolute Gasteiger partial charge is 0.478 e. The van der Waals surface area contributed by atoms with E-state index in [0.29, 0.717) is 5.92 Å². The number of fused-ring (bicyclic) bond motifs is 1. The molecular formula is C11H12ClNO2. The zero-order chi connectivity index (χ0) is 11.0. The second-order valence-electron chi connectivity index (χ2n) is 3.97. The second-order valence-corrected chi connectivity index (χ2v) is 4.33. The maximum absolute atomic E-state index is 10.9. The number of aromatic nitrogens is 1. The molecule has 0 aromatic carbocycles. The van der Waals surface area contributed by atoms with Crippen LogP contribution in [0.1, 0.15) is 47.3 Å². The molecule has 0 saturated heterocycles. The van der Waals surface area contributed by atoms with Crippen LogP contribution >= 0.6 is 11.6 Å². The number of carboxylic acids is 1. The van der Waals surface area contributed by atoms with E-state index in [9.17, 15) is 4.79 Å². The molecule has 1 unspecified atom stereocenters. The van der Waals surface area contributed by atoms with E-state index < -0.39 is 5.97 Å². The highest BCUT2D eigenvalue weighted by atomic mass is 35.5. The number of carboxylic acid groups (broad SMARTS) is 1. The van der Waals surface area contributed by atoms with Crippen molar-refractivity contribution in [3.63, 3.8) is 0 Å². The first-order valence-electron chi connectivity index (χ1n) is 5.02. The molecule has 1 aliphatic carbocycles. The maximum atomic E-state index is 10.9. The fourth-order valence-electron chi connectivity index (χ4n) is 2.06. The summed E-state index contributed by atoms with van der Waals surface area (Å²) in [6.07, 6.45) is 3.10. The SMILES string of the molecule is CC1CCCc2cc(C(=O)O)c(Cl)nc21. The molecule has 1 atom stereocenters. The molecule has 4 heteroatoms. The highest BCUT2D eigenvalue weighted by Crippen LogP contribution is 2.32. The molecule has 0 spiro atoms. The van der Waals surface area contributed by atoms with Crippen molar-refractivity contribution in [2.24, 2.45) is 0 Å². The number of hydrogen-bond acceptors (Lipinski definition) is 2. The van der Waals surface area contributed by atoms with Gasteiger partial charge in [-0.3, -0.25) is 0 Å². The molecule has 1 aromatic heterocycles. The van der Waals surface area contributed by atoms with Crippen LogP contribution in [0.15, 0.2) is 6.07 Å². The Kier molecular flexibility index (Phi) is 2.65. The number of hydrogen-bond donors (Lipinski definition) is 1. The summed E-state index contributed by atoms with van der Waals surface area (Å²) in [5.41, 5.74) is 2.12. The molecular weight excluding hydrogens is 214 g/mol. The Morgan fingerprint density at radius 3 is 3.07 bits per heavy atom. The Hall–Kier alpha value is -1.09. The van der Waals surface area contributed by atoms with Crippen molar-refractivity contribution >= 4 is 17.6 Å². The van der Waals surface area contributed by atoms with Crippen LogP contribution in [0.3, 0.4) is 0 Å². The molecule has 0 amide bonds. The van der Waals surface area contributed by atoms with Crippen molar-refractivity contribution < 1.29 is 9.90 Å². The van der Waals surface area contributed by atoms with Gasteiger partial charge in [0.2, 0.25) is 0 Å². The third kappa shape index (κ3) is 1.84. The molecule has 0 radical (unpaired) electrons. The first-order valence-corrected chi connectivity index (χ1v) is 5.40. The topological polar surface area (TPSA) is 50.2 Å². The summed E-state index contributed by atoms with van der Waals surface area (Å²) in [5, 5.41) is 9.02. The van der Waals surface area contributed by atoms with Gasteiger partial charge >= 0.3 is 5.97 Å². The van der Waals surface area contributed by atoms with E-state index in [4.69, 9.17) is 16.7 Å². The minimum atomic E-state index is -1.01. The Morgan fingerprint density at radius 1 is 1.67 bits per heavy atom. The molecule has 15 heavy (non-hydrogen) atoms. The zero-order valence-electron chi connectivity index (χ0n) is 8.46. The minimum absolute atomic E-state index is 0.106. The summed E-state index contributed by atoms with van der Waals surface area (Å²) in [5.74, 6) is -0.623. The van der Waals surface area contributed by atoms with Gasteiger partial charge < -0.3 is 5.11 Å². The van der Waals surface area contributed by atoms with Gasteiger partial charge in [-0.25, -0.2) is 9.78 Å². The van der Waals surface area contributed by atoms with E-state index in [-0.39, 0.29) is 10.7 Å². The van der Waals surface area contributed by atoms with Crippen molar-refractivity contribution in [2.75, 3.05) is 0 Å². The number of aromatic carboxylic acids is 1. The van der Waals surface area contributed by atoms with E-state index >= 15 is 0 Å². The van der Waals surface area contributed by atoms with E-state index in [1.807, 2.05) is 0 Å². The van der Waals surface area contributed by atoms with Gasteiger partial charge in [0.1, 0.15) is 5.15 Å². The molecule has 80 valence electrons. The van der Waals surface area contributed by atoms with Gasteiger partial charge in [0.05, 0.1) is 5.56 Å². The summed E-state index contributed by atoms with van der Waals surface area (Å²) < 4.78 is 0. The predicted octanol–water partition coefficient (Wildman–Crippen LogP) is 2.87. The number of rotatable bonds is 1. The summed E-state index contributed by atoms with van der Waals surface area (Å²) in [4.78, 5) is 15.1. The molecule has 1 aliphatic rings. The normalized spacial score (nSPS) is 19.7. The number of aryl methyl sites for hydroxylation is 1. The molecule has 0 aliphatic heterocycles. The van der Waals surface area contributed by atoms with Gasteiger partial charge in [-0.2, -0.15) is 0 Å². The van der Waals surface area contributed by atoms with Crippen LogP contribution in [-0.2, 0) is 6.42 Å². The summed E-state index contributed by atoms with van der Waals surface area (Å²) in [6.45, 7) is 2.10. The standard InChI is InChI=1S/C11H12ClNO2/c1-6-3-2-4-7-5-8(11(14)15)10(12)13-9(6)7/h5-6H,2-4H2,1H3,(H,14,15). The Bertz CT molecular complexity index is 417. The lowest BCUT2D eigenvalue weighted by molar-refractivity contribution is 0.0696. The fraction of sp³-hybridized carbons (Fsp3) is 0.455. The van der Waals surface area contributed by atoms with Crippen molar-refractivity contribution in [1.29, 1.82) is 0 Å². The predicted molar refractivity (Wildman–Crippen MR) is 57.6 cm³/mol. The molecule has 0 bridgehead atoms. The van der Waals surface area contributed by atoms with Crippen molar-refractivity contribution in [1.82, 2.24) is 4.98 Å². The summed E-state index contributed by atoms with van der Waals surface area (Å²) in [7, 11) is 0. The van der Waals surface area contributed by atoms with Gasteiger partial charge in [0.15, 0.2) is 0 Å². The molecule has 2 rings (SSSR count). The second kappa shape index (κ2) is 3.81. The highest BCUT2D eigenvalue weighted by Gasteiger charge is 2.21. The molecule has 1 heterocycles. The van der Waals surface area contributed by atoms with Crippen molar-refractivity contribution in [2.45, 2.75) is 32.1 Å². The smallest absolute Gasteiger partial charge is 0.338 e. The quantitative estimate of drug-likeness (QED) is 0.748. The first-order chi connectivity index (χ1) is 7.09. The summed E-state index contributed by atoms with van der Waals surface area (Å²) in [6, 6.07) is 1.67. The van der Waals surface area contributed by atoms with E-state index in [2.05, 4.69) is 11.9 Å². The molecule has 0 saturated carbocycles. The lowest BCUT2D eigenvalue weighted by Crippen LogP contribution is -2.12. The van der Waals surface area contributed by atoms with Gasteiger partial charge in [-0.05, 0) is 36.8 Å². The van der Waals surface area contributed by atoms with E-state index in [1.54, 1.807) is 6.07 Å². The van der Waals surface area contributed by atoms with E-state index in [0.717, 1.165) is 30.5 Å². The van der Waals surface area contributed by atoms with Crippen LogP contribution in [-0.4, -0.2) is 16.1 Å². The van der Waals surface area contributed by atoms with Crippen molar-refractivity contribution in [3.05, 3.63) is 28.0 Å². The van der Waals surface area contributed by atoms with Crippen molar-refractivity contribution in [3.8, 4) is 0 Å². The fourth-order valence-corrected chi connectivity index (χ4v) is 2.28. The average Bonchev–Trinajstić information content (AvgIpc) is 2.18. The highest BCUT2D eigenvalue weighted by molar-refractivity contribution is 6.32. The van der Waals surface area contributed by atoms with Crippen LogP contribution in [0.5, 0.6) is 0 Å². The van der Waals surface area contributed by atoms with Crippen LogP contribution in [0, 0.1) is 0 Å². The van der Waals surface area contributed by atoms with Crippen LogP contribution in [0.4, 0.5) is 0 Å². The molecule has 1 N–H and O–H groups in total. The number of carbonyl (C=O) groups is 1. The number of halogens is 1. The van der Waals surface area contributed by atoms with Gasteiger partial charge in [0.25, 0.3) is 0 Å². The minimum Gasteiger partial charge on any atom is -0.478 e. The third-order valence-corrected chi connectivity index (χ3v) is 3.16. The van der Waals surface area contributed by atoms with Crippen LogP contribution in [0.25, 0.3) is 0 Å². The first kappa shape index (κ1) is 10.4. The average molecular weight is 226 g/mol. The molecule has 3 nitrogen and oxygen atoms in total. The maximum Gasteiger partial charge on any atom is 0.338 e. The third-order valence-electron chi connectivity index (χ3n) is 2.87. The lowest BCUT2D eigenvalue weighted by atomic mass is 9.87. The molecule has 1 aromatic rings. The number of pyridine rings is 1. The zero-order valence-corrected chi connectivity index (χ0v) is 9.21. The van der Waals surface area contributed by atoms with Crippen LogP contribution in [0.2, 0.25) is 5.15 Å². The van der Waals surface area contributed by atoms with Gasteiger partial charge in [0, 0.05) is 5.69 Å². The van der Waals surface area contributed by atoms with Gasteiger partial charge in [-0.15, -0.1) is 0 Å². The summed E-state index contributed by atoms with van der Waals surface area (Å²) >= 11 is 5.83. The Labute approximate surface area is 93.1 Å². The van der Waals surface area contributed by atoms with Gasteiger partial charge in [-0.1, -0.05) is 18.5 Å². The Balaban J connectivity index is 2.54.